The molecule has 2 aromatic heterocycles. The fraction of sp³-hybridized carbons (Fsp3) is 0.381. The summed E-state index contributed by atoms with van der Waals surface area (Å²) in [7, 11) is 2.07. The van der Waals surface area contributed by atoms with Crippen molar-refractivity contribution >= 4 is 39.8 Å². The van der Waals surface area contributed by atoms with Gasteiger partial charge >= 0.3 is 6.18 Å². The molecular weight excluding hydrogens is 443 g/mol. The molecule has 0 amide bonds. The highest BCUT2D eigenvalue weighted by molar-refractivity contribution is 6.28. The minimum Gasteiger partial charge on any atom is -0.399 e. The minimum atomic E-state index is -4.49. The van der Waals surface area contributed by atoms with E-state index >= 15 is 0 Å². The highest BCUT2D eigenvalue weighted by atomic mass is 35.5. The lowest BCUT2D eigenvalue weighted by molar-refractivity contribution is -0.137. The summed E-state index contributed by atoms with van der Waals surface area (Å²) in [5.74, 6) is 1.21. The Bertz CT molecular complexity index is 1130. The van der Waals surface area contributed by atoms with Gasteiger partial charge in [0.1, 0.15) is 11.6 Å². The molecule has 0 spiro atoms. The van der Waals surface area contributed by atoms with Gasteiger partial charge in [-0.1, -0.05) is 0 Å². The van der Waals surface area contributed by atoms with E-state index < -0.39 is 17.8 Å². The molecule has 0 radical (unpaired) electrons. The number of hydrogen-bond donors (Lipinski definition) is 2. The first-order valence-corrected chi connectivity index (χ1v) is 10.5. The predicted octanol–water partition coefficient (Wildman–Crippen LogP) is 4.20. The summed E-state index contributed by atoms with van der Waals surface area (Å²) in [5, 5.41) is 3.88. The molecule has 4 rings (SSSR count). The van der Waals surface area contributed by atoms with Gasteiger partial charge in [0, 0.05) is 37.3 Å². The first-order valence-electron chi connectivity index (χ1n) is 10.1. The zero-order chi connectivity index (χ0) is 23.0. The smallest absolute Gasteiger partial charge is 0.399 e. The van der Waals surface area contributed by atoms with Crippen molar-refractivity contribution in [1.29, 1.82) is 0 Å². The SMILES string of the molecule is C[C@@H](Nc1nc(Cl)nc2cnc(N3CCN(C)CC3)cc12)c1cc(N)cc(C(F)(F)F)c1. The summed E-state index contributed by atoms with van der Waals surface area (Å²) in [4.78, 5) is 17.5. The average molecular weight is 466 g/mol. The number of nitrogens with zero attached hydrogens (tertiary/aromatic N) is 5. The fourth-order valence-corrected chi connectivity index (χ4v) is 3.87. The Labute approximate surface area is 188 Å². The van der Waals surface area contributed by atoms with Crippen molar-refractivity contribution in [1.82, 2.24) is 19.9 Å². The van der Waals surface area contributed by atoms with E-state index in [2.05, 4.69) is 37.1 Å². The molecule has 0 bridgehead atoms. The second-order valence-corrected chi connectivity index (χ2v) is 8.28. The molecule has 7 nitrogen and oxygen atoms in total. The number of pyridine rings is 1. The van der Waals surface area contributed by atoms with Crippen molar-refractivity contribution in [2.24, 2.45) is 0 Å². The molecule has 32 heavy (non-hydrogen) atoms. The van der Waals surface area contributed by atoms with Crippen LogP contribution in [0.25, 0.3) is 10.9 Å². The van der Waals surface area contributed by atoms with Crippen LogP contribution in [0.5, 0.6) is 0 Å². The predicted molar refractivity (Wildman–Crippen MR) is 120 cm³/mol. The Hall–Kier alpha value is -2.85. The van der Waals surface area contributed by atoms with Crippen molar-refractivity contribution < 1.29 is 13.2 Å². The number of alkyl halides is 3. The average Bonchev–Trinajstić information content (AvgIpc) is 2.73. The van der Waals surface area contributed by atoms with E-state index in [1.54, 1.807) is 13.1 Å². The number of fused-ring (bicyclic) bond motifs is 1. The third-order valence-electron chi connectivity index (χ3n) is 5.53. The van der Waals surface area contributed by atoms with Crippen LogP contribution in [0, 0.1) is 0 Å². The summed E-state index contributed by atoms with van der Waals surface area (Å²) in [5.41, 5.74) is 5.89. The Morgan fingerprint density at radius 3 is 2.50 bits per heavy atom. The normalized spacial score (nSPS) is 16.4. The van der Waals surface area contributed by atoms with Crippen LogP contribution in [0.1, 0.15) is 24.1 Å². The van der Waals surface area contributed by atoms with E-state index in [9.17, 15) is 13.2 Å². The molecule has 1 atom stereocenters. The number of nitrogens with one attached hydrogen (secondary N) is 1. The Morgan fingerprint density at radius 1 is 1.09 bits per heavy atom. The van der Waals surface area contributed by atoms with Gasteiger partial charge in [0.05, 0.1) is 23.3 Å². The van der Waals surface area contributed by atoms with E-state index in [1.807, 2.05) is 6.07 Å². The van der Waals surface area contributed by atoms with Gasteiger partial charge in [-0.2, -0.15) is 13.2 Å². The largest absolute Gasteiger partial charge is 0.416 e. The van der Waals surface area contributed by atoms with Gasteiger partial charge in [0.2, 0.25) is 5.28 Å². The topological polar surface area (TPSA) is 83.2 Å². The molecule has 1 fully saturated rings. The summed E-state index contributed by atoms with van der Waals surface area (Å²) < 4.78 is 39.6. The molecule has 3 aromatic rings. The first-order chi connectivity index (χ1) is 15.1. The maximum Gasteiger partial charge on any atom is 0.416 e. The van der Waals surface area contributed by atoms with E-state index in [-0.39, 0.29) is 11.0 Å². The fourth-order valence-electron chi connectivity index (χ4n) is 3.69. The molecular formula is C21H23ClF3N7. The summed E-state index contributed by atoms with van der Waals surface area (Å²) in [6.07, 6.45) is -2.85. The standard InChI is InChI=1S/C21H23ClF3N7/c1-12(13-7-14(21(23,24)25)9-15(26)8-13)28-19-16-10-18(32-5-3-31(2)4-6-32)27-11-17(16)29-20(22)30-19/h7-12H,3-6,26H2,1-2H3,(H,28,29,30)/t12-/m1/s1. The van der Waals surface area contributed by atoms with Crippen LogP contribution in [0.15, 0.2) is 30.5 Å². The molecule has 1 aliphatic heterocycles. The molecule has 0 aliphatic carbocycles. The highest BCUT2D eigenvalue weighted by Gasteiger charge is 2.31. The molecule has 11 heteroatoms. The lowest BCUT2D eigenvalue weighted by atomic mass is 10.0. The Balaban J connectivity index is 1.68. The van der Waals surface area contributed by atoms with E-state index in [0.29, 0.717) is 22.3 Å². The van der Waals surface area contributed by atoms with Gasteiger partial charge in [-0.05, 0) is 55.4 Å². The number of rotatable bonds is 4. The van der Waals surface area contributed by atoms with Crippen molar-refractivity contribution in [3.8, 4) is 0 Å². The van der Waals surface area contributed by atoms with Crippen LogP contribution < -0.4 is 16.0 Å². The van der Waals surface area contributed by atoms with E-state index in [4.69, 9.17) is 17.3 Å². The number of aromatic nitrogens is 3. The van der Waals surface area contributed by atoms with Crippen LogP contribution in [-0.4, -0.2) is 53.1 Å². The summed E-state index contributed by atoms with van der Waals surface area (Å²) in [6.45, 7) is 5.27. The van der Waals surface area contributed by atoms with Crippen LogP contribution in [0.2, 0.25) is 5.28 Å². The third-order valence-corrected chi connectivity index (χ3v) is 5.69. The molecule has 1 aromatic carbocycles. The zero-order valence-corrected chi connectivity index (χ0v) is 18.4. The maximum atomic E-state index is 13.2. The second kappa shape index (κ2) is 8.59. The molecule has 1 aliphatic rings. The van der Waals surface area contributed by atoms with Gasteiger partial charge in [-0.3, -0.25) is 0 Å². The van der Waals surface area contributed by atoms with Gasteiger partial charge in [0.25, 0.3) is 0 Å². The summed E-state index contributed by atoms with van der Waals surface area (Å²) in [6, 6.07) is 4.87. The molecule has 0 unspecified atom stereocenters. The lowest BCUT2D eigenvalue weighted by Gasteiger charge is -2.33. The van der Waals surface area contributed by atoms with Gasteiger partial charge in [-0.25, -0.2) is 15.0 Å². The van der Waals surface area contributed by atoms with Crippen LogP contribution in [-0.2, 0) is 6.18 Å². The first kappa shape index (κ1) is 22.3. The molecule has 170 valence electrons. The number of nitrogens with two attached hydrogens (primary N) is 1. The van der Waals surface area contributed by atoms with Crippen molar-refractivity contribution in [2.75, 3.05) is 49.2 Å². The zero-order valence-electron chi connectivity index (χ0n) is 17.6. The number of anilines is 3. The van der Waals surface area contributed by atoms with Gasteiger partial charge in [-0.15, -0.1) is 0 Å². The van der Waals surface area contributed by atoms with Crippen molar-refractivity contribution in [2.45, 2.75) is 19.1 Å². The minimum absolute atomic E-state index is 0.0184. The number of hydrogen-bond acceptors (Lipinski definition) is 7. The van der Waals surface area contributed by atoms with Crippen molar-refractivity contribution in [3.05, 3.63) is 46.9 Å². The second-order valence-electron chi connectivity index (χ2n) is 7.94. The third kappa shape index (κ3) is 4.81. The number of piperazine rings is 1. The molecule has 3 N–H and O–H groups in total. The van der Waals surface area contributed by atoms with Gasteiger partial charge < -0.3 is 20.9 Å². The molecule has 1 saturated heterocycles. The Kier molecular flexibility index (Phi) is 6.00. The van der Waals surface area contributed by atoms with E-state index in [1.165, 1.54) is 6.07 Å². The molecule has 3 heterocycles. The van der Waals surface area contributed by atoms with Crippen LogP contribution in [0.4, 0.5) is 30.5 Å². The number of halogens is 4. The lowest BCUT2D eigenvalue weighted by Crippen LogP contribution is -2.44. The number of benzene rings is 1. The van der Waals surface area contributed by atoms with Crippen molar-refractivity contribution in [3.63, 3.8) is 0 Å². The highest BCUT2D eigenvalue weighted by Crippen LogP contribution is 2.34. The maximum absolute atomic E-state index is 13.2. The van der Waals surface area contributed by atoms with Crippen LogP contribution in [0.3, 0.4) is 0 Å². The monoisotopic (exact) mass is 465 g/mol. The quantitative estimate of drug-likeness (QED) is 0.441. The molecule has 0 saturated carbocycles. The Morgan fingerprint density at radius 2 is 1.81 bits per heavy atom. The van der Waals surface area contributed by atoms with E-state index in [0.717, 1.165) is 44.1 Å². The van der Waals surface area contributed by atoms with Crippen LogP contribution >= 0.6 is 11.6 Å². The van der Waals surface area contributed by atoms with Gasteiger partial charge in [0.15, 0.2) is 0 Å². The summed E-state index contributed by atoms with van der Waals surface area (Å²) >= 11 is 6.09. The number of nitrogen functional groups attached to an aromatic ring is 1. The number of likely N-dealkylation sites (N-methyl/N-ethyl adjacent to an activating group) is 1.